The first-order valence-electron chi connectivity index (χ1n) is 7.91. The average molecular weight is 351 g/mol. The number of hydrogen-bond acceptors (Lipinski definition) is 1. The van der Waals surface area contributed by atoms with Gasteiger partial charge in [-0.1, -0.05) is 26.0 Å². The molecule has 2 aromatic rings. The van der Waals surface area contributed by atoms with E-state index in [2.05, 4.69) is 19.2 Å². The Kier molecular flexibility index (Phi) is 4.09. The van der Waals surface area contributed by atoms with Crippen molar-refractivity contribution < 1.29 is 22.4 Å². The molecule has 0 heterocycles. The monoisotopic (exact) mass is 351 g/mol. The zero-order valence-corrected chi connectivity index (χ0v) is 14.1. The van der Waals surface area contributed by atoms with Crippen LogP contribution in [-0.4, -0.2) is 5.91 Å². The molecule has 1 aliphatic carbocycles. The Balaban J connectivity index is 2.03. The Morgan fingerprint density at radius 1 is 1.04 bits per heavy atom. The molecule has 0 atom stereocenters. The first kappa shape index (κ1) is 17.5. The van der Waals surface area contributed by atoms with Gasteiger partial charge < -0.3 is 5.32 Å². The van der Waals surface area contributed by atoms with Crippen molar-refractivity contribution in [3.05, 3.63) is 63.7 Å². The molecule has 6 heteroatoms. The number of anilines is 1. The summed E-state index contributed by atoms with van der Waals surface area (Å²) in [5, 5.41) is 2.52. The lowest BCUT2D eigenvalue weighted by Gasteiger charge is -2.19. The van der Waals surface area contributed by atoms with Crippen LogP contribution in [0.4, 0.5) is 23.2 Å². The second kappa shape index (κ2) is 5.86. The van der Waals surface area contributed by atoms with Crippen molar-refractivity contribution in [2.45, 2.75) is 39.0 Å². The van der Waals surface area contributed by atoms with Crippen LogP contribution in [0.15, 0.2) is 18.2 Å². The van der Waals surface area contributed by atoms with Gasteiger partial charge in [-0.25, -0.2) is 17.6 Å². The van der Waals surface area contributed by atoms with E-state index in [0.29, 0.717) is 5.69 Å². The Morgan fingerprint density at radius 3 is 2.36 bits per heavy atom. The van der Waals surface area contributed by atoms with Crippen molar-refractivity contribution in [3.8, 4) is 0 Å². The number of amides is 1. The van der Waals surface area contributed by atoms with E-state index in [0.717, 1.165) is 30.9 Å². The highest BCUT2D eigenvalue weighted by molar-refractivity contribution is 6.06. The van der Waals surface area contributed by atoms with Gasteiger partial charge in [0, 0.05) is 11.3 Å². The molecule has 0 saturated carbocycles. The molecule has 25 heavy (non-hydrogen) atoms. The maximum Gasteiger partial charge on any atom is 0.259 e. The van der Waals surface area contributed by atoms with Crippen LogP contribution in [-0.2, 0) is 11.8 Å². The molecular formula is C19H17F4NO. The second-order valence-corrected chi connectivity index (χ2v) is 6.93. The van der Waals surface area contributed by atoms with Gasteiger partial charge in [0.15, 0.2) is 23.3 Å². The molecule has 0 fully saturated rings. The highest BCUT2D eigenvalue weighted by atomic mass is 19.2. The van der Waals surface area contributed by atoms with Gasteiger partial charge in [0.2, 0.25) is 0 Å². The van der Waals surface area contributed by atoms with Crippen molar-refractivity contribution in [1.82, 2.24) is 0 Å². The molecule has 0 bridgehead atoms. The van der Waals surface area contributed by atoms with Crippen molar-refractivity contribution >= 4 is 11.6 Å². The second-order valence-electron chi connectivity index (χ2n) is 6.93. The molecule has 0 aromatic heterocycles. The van der Waals surface area contributed by atoms with E-state index in [1.54, 1.807) is 12.1 Å². The molecule has 132 valence electrons. The van der Waals surface area contributed by atoms with Crippen LogP contribution in [0, 0.1) is 30.2 Å². The molecule has 2 nitrogen and oxygen atoms in total. The largest absolute Gasteiger partial charge is 0.322 e. The summed E-state index contributed by atoms with van der Waals surface area (Å²) in [7, 11) is 0. The van der Waals surface area contributed by atoms with E-state index in [4.69, 9.17) is 0 Å². The number of nitrogens with one attached hydrogen (secondary N) is 1. The maximum atomic E-state index is 14.0. The summed E-state index contributed by atoms with van der Waals surface area (Å²) < 4.78 is 54.5. The van der Waals surface area contributed by atoms with E-state index in [9.17, 15) is 22.4 Å². The third-order valence-electron chi connectivity index (χ3n) is 4.88. The topological polar surface area (TPSA) is 29.1 Å². The zero-order chi connectivity index (χ0) is 18.5. The van der Waals surface area contributed by atoms with Gasteiger partial charge in [0.05, 0.1) is 5.56 Å². The summed E-state index contributed by atoms with van der Waals surface area (Å²) >= 11 is 0. The molecule has 1 aliphatic rings. The fourth-order valence-electron chi connectivity index (χ4n) is 3.38. The minimum Gasteiger partial charge on any atom is -0.322 e. The molecule has 0 aliphatic heterocycles. The molecule has 0 saturated heterocycles. The van der Waals surface area contributed by atoms with Crippen LogP contribution in [0.5, 0.6) is 0 Å². The summed E-state index contributed by atoms with van der Waals surface area (Å²) in [4.78, 5) is 12.4. The standard InChI is InChI=1S/C19H17F4NO/c1-9-13(15(21)17(23)16(22)14(9)20)18(25)24-12-6-4-5-11-10(12)7-8-19(11,2)3/h4-6H,7-8H2,1-3H3,(H,24,25). The molecule has 0 unspecified atom stereocenters. The lowest BCUT2D eigenvalue weighted by atomic mass is 9.86. The van der Waals surface area contributed by atoms with Gasteiger partial charge in [-0.15, -0.1) is 0 Å². The van der Waals surface area contributed by atoms with E-state index in [-0.39, 0.29) is 5.41 Å². The van der Waals surface area contributed by atoms with Crippen molar-refractivity contribution in [3.63, 3.8) is 0 Å². The zero-order valence-electron chi connectivity index (χ0n) is 14.1. The van der Waals surface area contributed by atoms with Gasteiger partial charge in [0.1, 0.15) is 0 Å². The van der Waals surface area contributed by atoms with Gasteiger partial charge in [-0.05, 0) is 42.4 Å². The van der Waals surface area contributed by atoms with Gasteiger partial charge in [-0.3, -0.25) is 4.79 Å². The average Bonchev–Trinajstić information content (AvgIpc) is 2.88. The molecular weight excluding hydrogens is 334 g/mol. The molecule has 1 amide bonds. The summed E-state index contributed by atoms with van der Waals surface area (Å²) in [6, 6.07) is 5.37. The Bertz CT molecular complexity index is 860. The Labute approximate surface area is 142 Å². The molecule has 2 aromatic carbocycles. The number of carbonyl (C=O) groups excluding carboxylic acids is 1. The summed E-state index contributed by atoms with van der Waals surface area (Å²) in [5.74, 6) is -8.18. The first-order valence-corrected chi connectivity index (χ1v) is 7.91. The Morgan fingerprint density at radius 2 is 1.68 bits per heavy atom. The summed E-state index contributed by atoms with van der Waals surface area (Å²) in [6.07, 6.45) is 1.62. The smallest absolute Gasteiger partial charge is 0.259 e. The van der Waals surface area contributed by atoms with E-state index < -0.39 is 40.3 Å². The van der Waals surface area contributed by atoms with Crippen LogP contribution in [0.3, 0.4) is 0 Å². The molecule has 0 spiro atoms. The van der Waals surface area contributed by atoms with Crippen LogP contribution in [0.25, 0.3) is 0 Å². The van der Waals surface area contributed by atoms with Gasteiger partial charge >= 0.3 is 0 Å². The lowest BCUT2D eigenvalue weighted by molar-refractivity contribution is 0.102. The van der Waals surface area contributed by atoms with Crippen LogP contribution < -0.4 is 5.32 Å². The fraction of sp³-hybridized carbons (Fsp3) is 0.316. The highest BCUT2D eigenvalue weighted by Crippen LogP contribution is 2.41. The molecule has 1 N–H and O–H groups in total. The normalized spacial score (nSPS) is 15.2. The number of halogens is 4. The fourth-order valence-corrected chi connectivity index (χ4v) is 3.38. The van der Waals surface area contributed by atoms with Crippen LogP contribution in [0.2, 0.25) is 0 Å². The lowest BCUT2D eigenvalue weighted by Crippen LogP contribution is -2.19. The summed E-state index contributed by atoms with van der Waals surface area (Å²) in [5.41, 5.74) is 1.01. The first-order chi connectivity index (χ1) is 11.6. The maximum absolute atomic E-state index is 14.0. The number of carbonyl (C=O) groups is 1. The van der Waals surface area contributed by atoms with E-state index >= 15 is 0 Å². The number of fused-ring (bicyclic) bond motifs is 1. The molecule has 3 rings (SSSR count). The van der Waals surface area contributed by atoms with Crippen molar-refractivity contribution in [1.29, 1.82) is 0 Å². The number of hydrogen-bond donors (Lipinski definition) is 1. The quantitative estimate of drug-likeness (QED) is 0.459. The van der Waals surface area contributed by atoms with Gasteiger partial charge in [0.25, 0.3) is 5.91 Å². The van der Waals surface area contributed by atoms with Crippen LogP contribution >= 0.6 is 0 Å². The predicted octanol–water partition coefficient (Wildman–Crippen LogP) is 5.03. The Hall–Kier alpha value is -2.37. The highest BCUT2D eigenvalue weighted by Gasteiger charge is 2.32. The van der Waals surface area contributed by atoms with Crippen LogP contribution in [0.1, 0.15) is 47.3 Å². The minimum atomic E-state index is -1.99. The number of benzene rings is 2. The van der Waals surface area contributed by atoms with Gasteiger partial charge in [-0.2, -0.15) is 0 Å². The predicted molar refractivity (Wildman–Crippen MR) is 86.8 cm³/mol. The van der Waals surface area contributed by atoms with E-state index in [1.165, 1.54) is 0 Å². The van der Waals surface area contributed by atoms with E-state index in [1.807, 2.05) is 6.07 Å². The third-order valence-corrected chi connectivity index (χ3v) is 4.88. The minimum absolute atomic E-state index is 0.0503. The third kappa shape index (κ3) is 2.69. The molecule has 0 radical (unpaired) electrons. The number of rotatable bonds is 2. The van der Waals surface area contributed by atoms with Crippen molar-refractivity contribution in [2.75, 3.05) is 5.32 Å². The van der Waals surface area contributed by atoms with Crippen molar-refractivity contribution in [2.24, 2.45) is 0 Å². The summed E-state index contributed by atoms with van der Waals surface area (Å²) in [6.45, 7) is 5.20. The SMILES string of the molecule is Cc1c(F)c(F)c(F)c(F)c1C(=O)Nc1cccc2c1CCC2(C)C.